The summed E-state index contributed by atoms with van der Waals surface area (Å²) in [5.74, 6) is 0. The summed E-state index contributed by atoms with van der Waals surface area (Å²) in [6.07, 6.45) is 3.40. The second-order valence-electron chi connectivity index (χ2n) is 3.14. The first-order chi connectivity index (χ1) is 5.38. The van der Waals surface area contributed by atoms with E-state index in [-0.39, 0.29) is 6.04 Å². The van der Waals surface area contributed by atoms with Gasteiger partial charge < -0.3 is 0 Å². The SMILES string of the molecule is [NH]C1CCCc2ccccc21. The predicted octanol–water partition coefficient (Wildman–Crippen LogP) is 2.35. The molecule has 0 aliphatic heterocycles. The molecule has 0 heterocycles. The maximum atomic E-state index is 7.75. The number of nitrogens with one attached hydrogen (secondary N) is 1. The molecule has 1 heteroatoms. The molecule has 0 amide bonds. The number of aryl methyl sites for hydroxylation is 1. The van der Waals surface area contributed by atoms with Crippen molar-refractivity contribution in [1.29, 1.82) is 0 Å². The highest BCUT2D eigenvalue weighted by atomic mass is 14.6. The first-order valence-corrected chi connectivity index (χ1v) is 4.17. The normalized spacial score (nSPS) is 22.8. The van der Waals surface area contributed by atoms with Crippen LogP contribution in [-0.4, -0.2) is 0 Å². The number of benzene rings is 1. The smallest absolute Gasteiger partial charge is 0.0465 e. The summed E-state index contributed by atoms with van der Waals surface area (Å²) in [7, 11) is 0. The maximum Gasteiger partial charge on any atom is 0.0465 e. The van der Waals surface area contributed by atoms with Gasteiger partial charge in [0.05, 0.1) is 0 Å². The van der Waals surface area contributed by atoms with Crippen LogP contribution in [-0.2, 0) is 6.42 Å². The Hall–Kier alpha value is -0.820. The van der Waals surface area contributed by atoms with E-state index < -0.39 is 0 Å². The van der Waals surface area contributed by atoms with Crippen LogP contribution in [0.3, 0.4) is 0 Å². The van der Waals surface area contributed by atoms with Gasteiger partial charge in [0.25, 0.3) is 0 Å². The molecule has 0 saturated heterocycles. The molecule has 1 unspecified atom stereocenters. The van der Waals surface area contributed by atoms with Crippen LogP contribution in [0, 0.1) is 0 Å². The minimum atomic E-state index is 0.0416. The van der Waals surface area contributed by atoms with Crippen LogP contribution in [0.4, 0.5) is 0 Å². The summed E-state index contributed by atoms with van der Waals surface area (Å²) < 4.78 is 0. The molecule has 1 aliphatic carbocycles. The van der Waals surface area contributed by atoms with Crippen molar-refractivity contribution in [1.82, 2.24) is 5.73 Å². The highest BCUT2D eigenvalue weighted by Gasteiger charge is 2.15. The van der Waals surface area contributed by atoms with Crippen LogP contribution < -0.4 is 5.73 Å². The molecule has 1 aromatic rings. The van der Waals surface area contributed by atoms with Crippen LogP contribution in [0.2, 0.25) is 0 Å². The van der Waals surface area contributed by atoms with Crippen molar-refractivity contribution in [3.63, 3.8) is 0 Å². The maximum absolute atomic E-state index is 7.75. The average Bonchev–Trinajstić information content (AvgIpc) is 2.06. The zero-order valence-corrected chi connectivity index (χ0v) is 6.51. The van der Waals surface area contributed by atoms with E-state index in [1.807, 2.05) is 6.07 Å². The first-order valence-electron chi connectivity index (χ1n) is 4.17. The third-order valence-corrected chi connectivity index (χ3v) is 2.37. The molecule has 0 bridgehead atoms. The molecule has 1 aliphatic rings. The van der Waals surface area contributed by atoms with Crippen LogP contribution in [0.25, 0.3) is 0 Å². The summed E-state index contributed by atoms with van der Waals surface area (Å²) in [6.45, 7) is 0. The molecule has 1 nitrogen and oxygen atoms in total. The lowest BCUT2D eigenvalue weighted by Gasteiger charge is -2.20. The molecule has 1 radical (unpaired) electrons. The molecule has 0 spiro atoms. The summed E-state index contributed by atoms with van der Waals surface area (Å²) in [5, 5.41) is 0. The molecule has 2 rings (SSSR count). The lowest BCUT2D eigenvalue weighted by atomic mass is 9.88. The molecule has 0 saturated carbocycles. The summed E-state index contributed by atoms with van der Waals surface area (Å²) >= 11 is 0. The Kier molecular flexibility index (Phi) is 1.66. The largest absolute Gasteiger partial charge is 0.250 e. The van der Waals surface area contributed by atoms with Crippen molar-refractivity contribution in [2.75, 3.05) is 0 Å². The van der Waals surface area contributed by atoms with Gasteiger partial charge in [-0.3, -0.25) is 0 Å². The first kappa shape index (κ1) is 6.86. The van der Waals surface area contributed by atoms with Crippen molar-refractivity contribution in [2.45, 2.75) is 25.3 Å². The Morgan fingerprint density at radius 2 is 2.09 bits per heavy atom. The molecular weight excluding hydrogens is 134 g/mol. The lowest BCUT2D eigenvalue weighted by Crippen LogP contribution is -2.09. The topological polar surface area (TPSA) is 23.8 Å². The van der Waals surface area contributed by atoms with Crippen molar-refractivity contribution < 1.29 is 0 Å². The van der Waals surface area contributed by atoms with E-state index in [9.17, 15) is 0 Å². The predicted molar refractivity (Wildman–Crippen MR) is 45.2 cm³/mol. The van der Waals surface area contributed by atoms with E-state index in [0.29, 0.717) is 0 Å². The van der Waals surface area contributed by atoms with Gasteiger partial charge in [-0.1, -0.05) is 24.3 Å². The molecule has 0 aromatic heterocycles. The molecule has 1 aromatic carbocycles. The second kappa shape index (κ2) is 2.67. The molecule has 57 valence electrons. The van der Waals surface area contributed by atoms with Crippen molar-refractivity contribution in [2.24, 2.45) is 0 Å². The third-order valence-electron chi connectivity index (χ3n) is 2.37. The summed E-state index contributed by atoms with van der Waals surface area (Å²) in [4.78, 5) is 0. The van der Waals surface area contributed by atoms with Crippen molar-refractivity contribution >= 4 is 0 Å². The van der Waals surface area contributed by atoms with E-state index in [1.54, 1.807) is 0 Å². The zero-order valence-electron chi connectivity index (χ0n) is 6.51. The highest BCUT2D eigenvalue weighted by molar-refractivity contribution is 5.31. The Bertz CT molecular complexity index is 255. The number of fused-ring (bicyclic) bond motifs is 1. The minimum absolute atomic E-state index is 0.0416. The van der Waals surface area contributed by atoms with Gasteiger partial charge >= 0.3 is 0 Å². The molecule has 1 N–H and O–H groups in total. The van der Waals surface area contributed by atoms with Gasteiger partial charge in [0.15, 0.2) is 0 Å². The van der Waals surface area contributed by atoms with E-state index in [0.717, 1.165) is 6.42 Å². The number of hydrogen-bond acceptors (Lipinski definition) is 0. The van der Waals surface area contributed by atoms with Gasteiger partial charge in [0, 0.05) is 6.04 Å². The summed E-state index contributed by atoms with van der Waals surface area (Å²) in [6, 6.07) is 8.38. The van der Waals surface area contributed by atoms with Gasteiger partial charge in [-0.15, -0.1) is 0 Å². The molecule has 1 atom stereocenters. The number of hydrogen-bond donors (Lipinski definition) is 0. The second-order valence-corrected chi connectivity index (χ2v) is 3.14. The van der Waals surface area contributed by atoms with Gasteiger partial charge in [0.1, 0.15) is 0 Å². The standard InChI is InChI=1S/C10H12N/c11-10-7-3-5-8-4-1-2-6-9(8)10/h1-2,4,6,10-11H,3,5,7H2. The van der Waals surface area contributed by atoms with Gasteiger partial charge in [0.2, 0.25) is 0 Å². The average molecular weight is 146 g/mol. The van der Waals surface area contributed by atoms with E-state index in [2.05, 4.69) is 18.2 Å². The van der Waals surface area contributed by atoms with Crippen LogP contribution >= 0.6 is 0 Å². The highest BCUT2D eigenvalue weighted by Crippen LogP contribution is 2.28. The fourth-order valence-corrected chi connectivity index (χ4v) is 1.75. The van der Waals surface area contributed by atoms with Gasteiger partial charge in [-0.2, -0.15) is 0 Å². The Morgan fingerprint density at radius 1 is 1.27 bits per heavy atom. The Morgan fingerprint density at radius 3 is 2.91 bits per heavy atom. The van der Waals surface area contributed by atoms with E-state index in [4.69, 9.17) is 5.73 Å². The number of rotatable bonds is 0. The Balaban J connectivity index is 2.44. The zero-order chi connectivity index (χ0) is 7.68. The fourth-order valence-electron chi connectivity index (χ4n) is 1.75. The van der Waals surface area contributed by atoms with Crippen molar-refractivity contribution in [3.05, 3.63) is 35.4 Å². The van der Waals surface area contributed by atoms with Crippen LogP contribution in [0.5, 0.6) is 0 Å². The molecular formula is C10H12N. The van der Waals surface area contributed by atoms with Gasteiger partial charge in [-0.05, 0) is 30.4 Å². The fraction of sp³-hybridized carbons (Fsp3) is 0.400. The summed E-state index contributed by atoms with van der Waals surface area (Å²) in [5.41, 5.74) is 10.4. The monoisotopic (exact) mass is 146 g/mol. The third kappa shape index (κ3) is 1.16. The lowest BCUT2D eigenvalue weighted by molar-refractivity contribution is 0.557. The van der Waals surface area contributed by atoms with Crippen LogP contribution in [0.15, 0.2) is 24.3 Å². The van der Waals surface area contributed by atoms with Crippen LogP contribution in [0.1, 0.15) is 30.0 Å². The quantitative estimate of drug-likeness (QED) is 0.536. The van der Waals surface area contributed by atoms with Crippen molar-refractivity contribution in [3.8, 4) is 0 Å². The van der Waals surface area contributed by atoms with E-state index >= 15 is 0 Å². The molecule has 0 fully saturated rings. The minimum Gasteiger partial charge on any atom is -0.250 e. The van der Waals surface area contributed by atoms with Gasteiger partial charge in [-0.25, -0.2) is 5.73 Å². The van der Waals surface area contributed by atoms with E-state index in [1.165, 1.54) is 24.0 Å². The molecule has 11 heavy (non-hydrogen) atoms. The Labute approximate surface area is 67.2 Å².